The zero-order chi connectivity index (χ0) is 19.9. The Morgan fingerprint density at radius 2 is 2.36 bits per heavy atom. The van der Waals surface area contributed by atoms with Gasteiger partial charge in [0.2, 0.25) is 0 Å². The molecular formula is C20H28ClN5O2. The summed E-state index contributed by atoms with van der Waals surface area (Å²) < 4.78 is 13.7. The number of hydrogen-bond acceptors (Lipinski definition) is 4. The third-order valence-corrected chi connectivity index (χ3v) is 4.66. The van der Waals surface area contributed by atoms with Crippen molar-refractivity contribution in [2.75, 3.05) is 32.8 Å². The molecule has 0 amide bonds. The average molecular weight is 406 g/mol. The minimum atomic E-state index is -0.0673. The Morgan fingerprint density at radius 3 is 3.07 bits per heavy atom. The quantitative estimate of drug-likeness (QED) is 0.591. The largest absolute Gasteiger partial charge is 0.489 e. The molecule has 2 atom stereocenters. The van der Waals surface area contributed by atoms with Crippen LogP contribution in [-0.4, -0.2) is 59.5 Å². The van der Waals surface area contributed by atoms with Gasteiger partial charge in [0.25, 0.3) is 0 Å². The Hall–Kier alpha value is -2.25. The van der Waals surface area contributed by atoms with Crippen molar-refractivity contribution < 1.29 is 9.47 Å². The molecule has 1 fully saturated rings. The summed E-state index contributed by atoms with van der Waals surface area (Å²) in [5.41, 5.74) is 1.08. The van der Waals surface area contributed by atoms with Gasteiger partial charge in [0.15, 0.2) is 5.96 Å². The van der Waals surface area contributed by atoms with Crippen LogP contribution in [0.4, 0.5) is 0 Å². The molecule has 1 aromatic carbocycles. The molecule has 0 spiro atoms. The van der Waals surface area contributed by atoms with Gasteiger partial charge in [-0.2, -0.15) is 5.10 Å². The minimum absolute atomic E-state index is 0.00793. The van der Waals surface area contributed by atoms with E-state index in [2.05, 4.69) is 22.2 Å². The van der Waals surface area contributed by atoms with E-state index in [9.17, 15) is 0 Å². The van der Waals surface area contributed by atoms with Crippen LogP contribution in [0.5, 0.6) is 5.75 Å². The molecule has 0 saturated carbocycles. The Morgan fingerprint density at radius 1 is 1.50 bits per heavy atom. The molecule has 1 aliphatic rings. The number of rotatable bonds is 6. The number of morpholine rings is 1. The molecule has 152 valence electrons. The molecule has 2 heterocycles. The molecule has 1 aromatic heterocycles. The van der Waals surface area contributed by atoms with Gasteiger partial charge in [0.05, 0.1) is 25.9 Å². The molecule has 3 rings (SSSR count). The summed E-state index contributed by atoms with van der Waals surface area (Å²) >= 11 is 6.02. The predicted octanol–water partition coefficient (Wildman–Crippen LogP) is 2.88. The second-order valence-electron chi connectivity index (χ2n) is 6.83. The molecule has 1 N–H and O–H groups in total. The number of nitrogens with one attached hydrogen (secondary N) is 1. The standard InChI is InChI=1S/C20H28ClN5O2/c1-4-22-20(23-11-15(2)28-18-7-5-6-17(21)10-18)26-8-9-27-19(14-26)16-12-24-25(3)13-16/h5-7,10,12-13,15,19H,4,8-9,11,14H2,1-3H3,(H,22,23). The molecule has 0 bridgehead atoms. The van der Waals surface area contributed by atoms with Crippen LogP contribution < -0.4 is 10.1 Å². The summed E-state index contributed by atoms with van der Waals surface area (Å²) in [5.74, 6) is 1.63. The minimum Gasteiger partial charge on any atom is -0.489 e. The summed E-state index contributed by atoms with van der Waals surface area (Å²) in [4.78, 5) is 7.02. The zero-order valence-corrected chi connectivity index (χ0v) is 17.4. The van der Waals surface area contributed by atoms with Gasteiger partial charge < -0.3 is 19.7 Å². The normalized spacial score (nSPS) is 18.8. The van der Waals surface area contributed by atoms with Crippen molar-refractivity contribution in [1.82, 2.24) is 20.0 Å². The van der Waals surface area contributed by atoms with E-state index in [1.165, 1.54) is 0 Å². The lowest BCUT2D eigenvalue weighted by atomic mass is 10.1. The van der Waals surface area contributed by atoms with E-state index in [4.69, 9.17) is 26.1 Å². The second kappa shape index (κ2) is 9.80. The van der Waals surface area contributed by atoms with Crippen molar-refractivity contribution >= 4 is 17.6 Å². The van der Waals surface area contributed by atoms with Crippen molar-refractivity contribution in [3.8, 4) is 5.75 Å². The summed E-state index contributed by atoms with van der Waals surface area (Å²) in [6.45, 7) is 7.61. The van der Waals surface area contributed by atoms with Gasteiger partial charge in [0, 0.05) is 36.9 Å². The van der Waals surface area contributed by atoms with Crippen LogP contribution in [0, 0.1) is 0 Å². The van der Waals surface area contributed by atoms with Crippen molar-refractivity contribution in [1.29, 1.82) is 0 Å². The number of aryl methyl sites for hydroxylation is 1. The second-order valence-corrected chi connectivity index (χ2v) is 7.27. The molecule has 2 aromatic rings. The number of nitrogens with zero attached hydrogens (tertiary/aromatic N) is 4. The predicted molar refractivity (Wildman–Crippen MR) is 111 cm³/mol. The van der Waals surface area contributed by atoms with Gasteiger partial charge in [-0.15, -0.1) is 0 Å². The first-order valence-electron chi connectivity index (χ1n) is 9.60. The van der Waals surface area contributed by atoms with E-state index < -0.39 is 0 Å². The fourth-order valence-electron chi connectivity index (χ4n) is 3.10. The first-order valence-corrected chi connectivity index (χ1v) is 9.98. The maximum atomic E-state index is 6.02. The van der Waals surface area contributed by atoms with Gasteiger partial charge in [-0.1, -0.05) is 17.7 Å². The average Bonchev–Trinajstić information content (AvgIpc) is 3.12. The molecule has 2 unspecified atom stereocenters. The van der Waals surface area contributed by atoms with E-state index in [0.29, 0.717) is 18.2 Å². The van der Waals surface area contributed by atoms with Crippen LogP contribution in [0.2, 0.25) is 5.02 Å². The highest BCUT2D eigenvalue weighted by Crippen LogP contribution is 2.22. The fraction of sp³-hybridized carbons (Fsp3) is 0.500. The Balaban J connectivity index is 1.62. The van der Waals surface area contributed by atoms with Crippen LogP contribution >= 0.6 is 11.6 Å². The van der Waals surface area contributed by atoms with Crippen LogP contribution in [0.3, 0.4) is 0 Å². The van der Waals surface area contributed by atoms with Gasteiger partial charge >= 0.3 is 0 Å². The Kier molecular flexibility index (Phi) is 7.17. The molecule has 1 aliphatic heterocycles. The van der Waals surface area contributed by atoms with Crippen LogP contribution in [0.15, 0.2) is 41.7 Å². The highest BCUT2D eigenvalue weighted by Gasteiger charge is 2.25. The third-order valence-electron chi connectivity index (χ3n) is 4.43. The van der Waals surface area contributed by atoms with Gasteiger partial charge in [-0.05, 0) is 32.0 Å². The highest BCUT2D eigenvalue weighted by molar-refractivity contribution is 6.30. The van der Waals surface area contributed by atoms with E-state index in [1.54, 1.807) is 4.68 Å². The van der Waals surface area contributed by atoms with E-state index in [0.717, 1.165) is 36.9 Å². The SMILES string of the molecule is CCNC(=NCC(C)Oc1cccc(Cl)c1)N1CCOC(c2cnn(C)c2)C1. The lowest BCUT2D eigenvalue weighted by molar-refractivity contribution is -0.00808. The number of aromatic nitrogens is 2. The lowest BCUT2D eigenvalue weighted by Gasteiger charge is -2.35. The molecule has 1 saturated heterocycles. The number of ether oxygens (including phenoxy) is 2. The van der Waals surface area contributed by atoms with Gasteiger partial charge in [-0.25, -0.2) is 4.99 Å². The third kappa shape index (κ3) is 5.62. The van der Waals surface area contributed by atoms with Crippen molar-refractivity contribution in [3.05, 3.63) is 47.2 Å². The number of benzene rings is 1. The topological polar surface area (TPSA) is 63.9 Å². The van der Waals surface area contributed by atoms with Crippen molar-refractivity contribution in [3.63, 3.8) is 0 Å². The van der Waals surface area contributed by atoms with E-state index in [-0.39, 0.29) is 12.2 Å². The molecule has 0 radical (unpaired) electrons. The fourth-order valence-corrected chi connectivity index (χ4v) is 3.28. The molecule has 7 nitrogen and oxygen atoms in total. The maximum absolute atomic E-state index is 6.02. The first-order chi connectivity index (χ1) is 13.5. The summed E-state index contributed by atoms with van der Waals surface area (Å²) in [6, 6.07) is 7.42. The zero-order valence-electron chi connectivity index (χ0n) is 16.6. The summed E-state index contributed by atoms with van der Waals surface area (Å²) in [5, 5.41) is 8.29. The number of guanidine groups is 1. The molecular weight excluding hydrogens is 378 g/mol. The van der Waals surface area contributed by atoms with E-state index >= 15 is 0 Å². The molecule has 8 heteroatoms. The monoisotopic (exact) mass is 405 g/mol. The van der Waals surface area contributed by atoms with E-state index in [1.807, 2.05) is 50.6 Å². The smallest absolute Gasteiger partial charge is 0.194 e. The number of halogens is 1. The van der Waals surface area contributed by atoms with Crippen LogP contribution in [-0.2, 0) is 11.8 Å². The number of aliphatic imine (C=N–C) groups is 1. The first kappa shape index (κ1) is 20.5. The molecule has 28 heavy (non-hydrogen) atoms. The van der Waals surface area contributed by atoms with Gasteiger partial charge in [0.1, 0.15) is 18.0 Å². The highest BCUT2D eigenvalue weighted by atomic mass is 35.5. The Bertz CT molecular complexity index is 794. The number of hydrogen-bond donors (Lipinski definition) is 1. The lowest BCUT2D eigenvalue weighted by Crippen LogP contribution is -2.48. The maximum Gasteiger partial charge on any atom is 0.194 e. The van der Waals surface area contributed by atoms with Gasteiger partial charge in [-0.3, -0.25) is 4.68 Å². The summed E-state index contributed by atoms with van der Waals surface area (Å²) in [6.07, 6.45) is 3.78. The summed E-state index contributed by atoms with van der Waals surface area (Å²) in [7, 11) is 1.91. The Labute approximate surface area is 171 Å². The van der Waals surface area contributed by atoms with Crippen molar-refractivity contribution in [2.24, 2.45) is 12.0 Å². The van der Waals surface area contributed by atoms with Crippen LogP contribution in [0.1, 0.15) is 25.5 Å². The van der Waals surface area contributed by atoms with Crippen LogP contribution in [0.25, 0.3) is 0 Å². The van der Waals surface area contributed by atoms with Crippen molar-refractivity contribution in [2.45, 2.75) is 26.1 Å². The molecule has 0 aliphatic carbocycles.